The van der Waals surface area contributed by atoms with E-state index in [1.165, 1.54) is 17.8 Å². The summed E-state index contributed by atoms with van der Waals surface area (Å²) >= 11 is 1.19. The molecule has 0 bridgehead atoms. The van der Waals surface area contributed by atoms with Gasteiger partial charge in [-0.05, 0) is 30.9 Å². The normalized spacial score (nSPS) is 14.3. The fraction of sp³-hybridized carbons (Fsp3) is 0.368. The molecule has 6 nitrogen and oxygen atoms in total. The Morgan fingerprint density at radius 1 is 1.28 bits per heavy atom. The zero-order valence-electron chi connectivity index (χ0n) is 15.3. The van der Waals surface area contributed by atoms with Crippen molar-refractivity contribution in [1.29, 1.82) is 5.26 Å². The number of piperidine rings is 1. The van der Waals surface area contributed by atoms with E-state index >= 15 is 0 Å². The van der Waals surface area contributed by atoms with Crippen molar-refractivity contribution in [3.63, 3.8) is 0 Å². The first kappa shape index (κ1) is 20.7. The molecule has 2 aromatic rings. The molecule has 29 heavy (non-hydrogen) atoms. The Bertz CT molecular complexity index is 970. The summed E-state index contributed by atoms with van der Waals surface area (Å²) < 4.78 is 37.9. The van der Waals surface area contributed by atoms with Crippen molar-refractivity contribution in [1.82, 2.24) is 9.97 Å². The molecule has 0 aromatic carbocycles. The van der Waals surface area contributed by atoms with E-state index in [9.17, 15) is 18.4 Å². The van der Waals surface area contributed by atoms with Gasteiger partial charge in [0, 0.05) is 25.0 Å². The van der Waals surface area contributed by atoms with Gasteiger partial charge in [0.25, 0.3) is 5.69 Å². The predicted molar refractivity (Wildman–Crippen MR) is 104 cm³/mol. The van der Waals surface area contributed by atoms with Crippen LogP contribution in [0.3, 0.4) is 0 Å². The molecular formula is C19H17F3N6S. The lowest BCUT2D eigenvalue weighted by atomic mass is 10.1. The fourth-order valence-electron chi connectivity index (χ4n) is 3.13. The average Bonchev–Trinajstić information content (AvgIpc) is 2.72. The number of rotatable bonds is 4. The molecule has 2 N–H and O–H groups in total. The standard InChI is InChI=1S/C19H17F3N6S/c1-25-15-16(28-7-3-2-4-8-28)13(9-23)18(27-17(15)24)29-11-12-5-6-14(26-10-12)19(20,21)22/h5-6,10H,2-4,7-8,11H2,(H2,24,27). The van der Waals surface area contributed by atoms with Crippen molar-refractivity contribution < 1.29 is 13.2 Å². The zero-order chi connectivity index (χ0) is 21.0. The summed E-state index contributed by atoms with van der Waals surface area (Å²) in [5.41, 5.74) is 6.53. The van der Waals surface area contributed by atoms with E-state index in [0.717, 1.165) is 44.6 Å². The third-order valence-corrected chi connectivity index (χ3v) is 5.57. The molecule has 3 rings (SSSR count). The number of halogens is 3. The summed E-state index contributed by atoms with van der Waals surface area (Å²) in [5, 5.41) is 10.1. The van der Waals surface area contributed by atoms with Crippen LogP contribution in [-0.4, -0.2) is 23.1 Å². The van der Waals surface area contributed by atoms with E-state index in [-0.39, 0.29) is 22.8 Å². The zero-order valence-corrected chi connectivity index (χ0v) is 16.1. The van der Waals surface area contributed by atoms with Gasteiger partial charge in [0.1, 0.15) is 22.6 Å². The molecule has 3 heterocycles. The molecule has 0 aliphatic carbocycles. The third kappa shape index (κ3) is 4.54. The first-order valence-corrected chi connectivity index (χ1v) is 9.84. The number of nitrogen functional groups attached to an aromatic ring is 1. The molecule has 0 atom stereocenters. The van der Waals surface area contributed by atoms with Crippen molar-refractivity contribution in [2.24, 2.45) is 0 Å². The van der Waals surface area contributed by atoms with Crippen molar-refractivity contribution >= 4 is 29.0 Å². The fourth-order valence-corrected chi connectivity index (χ4v) is 4.05. The van der Waals surface area contributed by atoms with Crippen LogP contribution in [-0.2, 0) is 11.9 Å². The Morgan fingerprint density at radius 3 is 2.55 bits per heavy atom. The quantitative estimate of drug-likeness (QED) is 0.568. The van der Waals surface area contributed by atoms with Crippen LogP contribution in [0.15, 0.2) is 23.4 Å². The summed E-state index contributed by atoms with van der Waals surface area (Å²) in [6.07, 6.45) is -0.317. The number of nitrogens with two attached hydrogens (primary N) is 1. The highest BCUT2D eigenvalue weighted by Gasteiger charge is 2.32. The van der Waals surface area contributed by atoms with Crippen LogP contribution < -0.4 is 10.6 Å². The third-order valence-electron chi connectivity index (χ3n) is 4.53. The Labute approximate surface area is 170 Å². The highest BCUT2D eigenvalue weighted by molar-refractivity contribution is 7.98. The maximum absolute atomic E-state index is 12.6. The van der Waals surface area contributed by atoms with Gasteiger partial charge in [0.05, 0.1) is 17.8 Å². The number of alkyl halides is 3. The molecule has 2 aromatic heterocycles. The van der Waals surface area contributed by atoms with Gasteiger partial charge < -0.3 is 10.6 Å². The summed E-state index contributed by atoms with van der Waals surface area (Å²) in [6.45, 7) is 8.91. The number of hydrogen-bond acceptors (Lipinski definition) is 6. The first-order chi connectivity index (χ1) is 13.8. The SMILES string of the molecule is [C-]#[N+]c1c(N)nc(SCc2ccc(C(F)(F)F)nc2)c(C#N)c1N1CCCCC1. The number of anilines is 2. The molecule has 1 fully saturated rings. The topological polar surface area (TPSA) is 83.2 Å². The second-order valence-corrected chi connectivity index (χ2v) is 7.45. The Hall–Kier alpha value is -2.98. The Morgan fingerprint density at radius 2 is 2.00 bits per heavy atom. The van der Waals surface area contributed by atoms with Crippen molar-refractivity contribution in [2.45, 2.75) is 36.2 Å². The molecule has 0 unspecified atom stereocenters. The molecule has 0 spiro atoms. The number of nitrogens with zero attached hydrogens (tertiary/aromatic N) is 5. The van der Waals surface area contributed by atoms with Gasteiger partial charge in [0.15, 0.2) is 0 Å². The van der Waals surface area contributed by atoms with Crippen molar-refractivity contribution in [3.05, 3.63) is 46.6 Å². The van der Waals surface area contributed by atoms with Crippen LogP contribution >= 0.6 is 11.8 Å². The summed E-state index contributed by atoms with van der Waals surface area (Å²) in [4.78, 5) is 13.2. The van der Waals surface area contributed by atoms with Crippen molar-refractivity contribution in [2.75, 3.05) is 23.7 Å². The molecular weight excluding hydrogens is 401 g/mol. The second kappa shape index (κ2) is 8.58. The minimum Gasteiger partial charge on any atom is -0.392 e. The summed E-state index contributed by atoms with van der Waals surface area (Å²) in [6, 6.07) is 4.41. The highest BCUT2D eigenvalue weighted by atomic mass is 32.2. The van der Waals surface area contributed by atoms with Gasteiger partial charge >= 0.3 is 6.18 Å². The molecule has 10 heteroatoms. The van der Waals surface area contributed by atoms with E-state index < -0.39 is 11.9 Å². The maximum atomic E-state index is 12.6. The molecule has 0 radical (unpaired) electrons. The van der Waals surface area contributed by atoms with Crippen LogP contribution in [0.5, 0.6) is 0 Å². The minimum absolute atomic E-state index is 0.0487. The van der Waals surface area contributed by atoms with Gasteiger partial charge in [-0.3, -0.25) is 4.98 Å². The van der Waals surface area contributed by atoms with Crippen LogP contribution in [0, 0.1) is 17.9 Å². The minimum atomic E-state index is -4.49. The average molecular weight is 418 g/mol. The molecule has 1 aliphatic heterocycles. The van der Waals surface area contributed by atoms with Gasteiger partial charge in [-0.25, -0.2) is 9.83 Å². The molecule has 1 saturated heterocycles. The van der Waals surface area contributed by atoms with E-state index in [2.05, 4.69) is 20.9 Å². The number of hydrogen-bond donors (Lipinski definition) is 1. The Kier molecular flexibility index (Phi) is 6.14. The molecule has 1 aliphatic rings. The monoisotopic (exact) mass is 418 g/mol. The molecule has 0 amide bonds. The number of nitriles is 1. The highest BCUT2D eigenvalue weighted by Crippen LogP contribution is 2.42. The lowest BCUT2D eigenvalue weighted by molar-refractivity contribution is -0.141. The molecule has 150 valence electrons. The van der Waals surface area contributed by atoms with E-state index in [0.29, 0.717) is 16.3 Å². The maximum Gasteiger partial charge on any atom is 0.433 e. The predicted octanol–water partition coefficient (Wildman–Crippen LogP) is 4.78. The second-order valence-electron chi connectivity index (χ2n) is 6.48. The number of pyridine rings is 2. The molecule has 0 saturated carbocycles. The lowest BCUT2D eigenvalue weighted by Crippen LogP contribution is -2.30. The van der Waals surface area contributed by atoms with Crippen molar-refractivity contribution in [3.8, 4) is 6.07 Å². The Balaban J connectivity index is 1.90. The number of aromatic nitrogens is 2. The van der Waals surface area contributed by atoms with Crippen LogP contribution in [0.4, 0.5) is 30.4 Å². The van der Waals surface area contributed by atoms with Crippen LogP contribution in [0.25, 0.3) is 4.85 Å². The van der Waals surface area contributed by atoms with Crippen LogP contribution in [0.1, 0.15) is 36.1 Å². The smallest absolute Gasteiger partial charge is 0.392 e. The summed E-state index contributed by atoms with van der Waals surface area (Å²) in [5.74, 6) is 0.316. The van der Waals surface area contributed by atoms with Gasteiger partial charge in [-0.1, -0.05) is 6.07 Å². The number of thioether (sulfide) groups is 1. The van der Waals surface area contributed by atoms with Gasteiger partial charge in [0.2, 0.25) is 0 Å². The van der Waals surface area contributed by atoms with Crippen LogP contribution in [0.2, 0.25) is 0 Å². The first-order valence-electron chi connectivity index (χ1n) is 8.86. The lowest BCUT2D eigenvalue weighted by Gasteiger charge is -2.31. The van der Waals surface area contributed by atoms with E-state index in [1.54, 1.807) is 0 Å². The largest absolute Gasteiger partial charge is 0.433 e. The van der Waals surface area contributed by atoms with E-state index in [4.69, 9.17) is 12.3 Å². The summed E-state index contributed by atoms with van der Waals surface area (Å²) in [7, 11) is 0. The van der Waals surface area contributed by atoms with Gasteiger partial charge in [-0.15, -0.1) is 11.8 Å². The van der Waals surface area contributed by atoms with Gasteiger partial charge in [-0.2, -0.15) is 18.4 Å². The van der Waals surface area contributed by atoms with E-state index in [1.807, 2.05) is 4.90 Å².